The molecule has 0 aliphatic heterocycles. The van der Waals surface area contributed by atoms with E-state index in [0.717, 1.165) is 11.1 Å². The molecule has 0 unspecified atom stereocenters. The van der Waals surface area contributed by atoms with Gasteiger partial charge in [0, 0.05) is 5.56 Å². The molecule has 0 atom stereocenters. The summed E-state index contributed by atoms with van der Waals surface area (Å²) in [5.74, 6) is 0.982. The van der Waals surface area contributed by atoms with Crippen molar-refractivity contribution in [3.05, 3.63) is 35.7 Å². The van der Waals surface area contributed by atoms with E-state index < -0.39 is 0 Å². The Morgan fingerprint density at radius 3 is 2.86 bits per heavy atom. The lowest BCUT2D eigenvalue weighted by Gasteiger charge is -1.95. The summed E-state index contributed by atoms with van der Waals surface area (Å²) in [7, 11) is 0. The van der Waals surface area contributed by atoms with Crippen LogP contribution in [0.4, 0.5) is 0 Å². The number of rotatable bonds is 2. The van der Waals surface area contributed by atoms with E-state index in [1.165, 1.54) is 0 Å². The average molecular weight is 189 g/mol. The van der Waals surface area contributed by atoms with E-state index >= 15 is 0 Å². The van der Waals surface area contributed by atoms with E-state index in [4.69, 9.17) is 10.2 Å². The minimum absolute atomic E-state index is 0.277. The summed E-state index contributed by atoms with van der Waals surface area (Å²) in [5, 5.41) is 7.70. The number of benzene rings is 1. The summed E-state index contributed by atoms with van der Waals surface area (Å²) in [6.45, 7) is 2.29. The summed E-state index contributed by atoms with van der Waals surface area (Å²) in [4.78, 5) is 0. The highest BCUT2D eigenvalue weighted by atomic mass is 16.4. The highest BCUT2D eigenvalue weighted by molar-refractivity contribution is 5.53. The maximum Gasteiger partial charge on any atom is 0.247 e. The Kier molecular flexibility index (Phi) is 2.28. The predicted octanol–water partition coefficient (Wildman–Crippen LogP) is 1.50. The maximum atomic E-state index is 5.37. The molecule has 1 heterocycles. The van der Waals surface area contributed by atoms with Crippen LogP contribution in [0, 0.1) is 6.92 Å². The Hall–Kier alpha value is -1.68. The summed E-state index contributed by atoms with van der Waals surface area (Å²) in [6, 6.07) is 7.90. The van der Waals surface area contributed by atoms with E-state index in [-0.39, 0.29) is 6.54 Å². The molecule has 0 aliphatic rings. The summed E-state index contributed by atoms with van der Waals surface area (Å²) in [5.41, 5.74) is 7.46. The predicted molar refractivity (Wildman–Crippen MR) is 52.4 cm³/mol. The monoisotopic (exact) mass is 189 g/mol. The Labute approximate surface area is 81.8 Å². The van der Waals surface area contributed by atoms with E-state index in [9.17, 15) is 0 Å². The minimum Gasteiger partial charge on any atom is -0.419 e. The van der Waals surface area contributed by atoms with Crippen LogP contribution in [-0.2, 0) is 6.54 Å². The third-order valence-electron chi connectivity index (χ3n) is 1.91. The van der Waals surface area contributed by atoms with Crippen LogP contribution in [0.25, 0.3) is 11.5 Å². The number of aryl methyl sites for hydroxylation is 1. The highest BCUT2D eigenvalue weighted by Crippen LogP contribution is 2.18. The molecule has 0 saturated heterocycles. The zero-order valence-electron chi connectivity index (χ0n) is 7.90. The second-order valence-electron chi connectivity index (χ2n) is 3.07. The molecule has 0 saturated carbocycles. The first-order valence-electron chi connectivity index (χ1n) is 4.39. The molecule has 1 aromatic carbocycles. The molecule has 2 rings (SSSR count). The summed E-state index contributed by atoms with van der Waals surface area (Å²) >= 11 is 0. The third kappa shape index (κ3) is 1.65. The van der Waals surface area contributed by atoms with Gasteiger partial charge in [0.15, 0.2) is 0 Å². The van der Waals surface area contributed by atoms with Gasteiger partial charge in [0.2, 0.25) is 11.8 Å². The van der Waals surface area contributed by atoms with Gasteiger partial charge in [0.05, 0.1) is 6.54 Å². The van der Waals surface area contributed by atoms with Crippen molar-refractivity contribution in [2.45, 2.75) is 13.5 Å². The van der Waals surface area contributed by atoms with E-state index in [2.05, 4.69) is 10.2 Å². The van der Waals surface area contributed by atoms with E-state index in [0.29, 0.717) is 11.8 Å². The van der Waals surface area contributed by atoms with E-state index in [1.54, 1.807) is 0 Å². The maximum absolute atomic E-state index is 5.37. The molecule has 2 aromatic rings. The smallest absolute Gasteiger partial charge is 0.247 e. The number of hydrogen-bond acceptors (Lipinski definition) is 4. The average Bonchev–Trinajstić information content (AvgIpc) is 2.66. The van der Waals surface area contributed by atoms with Gasteiger partial charge in [-0.2, -0.15) is 0 Å². The van der Waals surface area contributed by atoms with Gasteiger partial charge in [-0.15, -0.1) is 10.2 Å². The highest BCUT2D eigenvalue weighted by Gasteiger charge is 2.06. The molecule has 0 bridgehead atoms. The van der Waals surface area contributed by atoms with Gasteiger partial charge in [0.1, 0.15) is 0 Å². The van der Waals surface area contributed by atoms with Gasteiger partial charge in [-0.3, -0.25) is 0 Å². The zero-order chi connectivity index (χ0) is 9.97. The standard InChI is InChI=1S/C10H11N3O/c1-7-3-2-4-8(5-7)10-13-12-9(6-11)14-10/h2-5H,6,11H2,1H3. The second-order valence-corrected chi connectivity index (χ2v) is 3.07. The molecule has 72 valence electrons. The SMILES string of the molecule is Cc1cccc(-c2nnc(CN)o2)c1. The molecule has 0 aliphatic carbocycles. The molecule has 0 amide bonds. The molecule has 4 heteroatoms. The first-order chi connectivity index (χ1) is 6.79. The Morgan fingerprint density at radius 1 is 1.36 bits per heavy atom. The summed E-state index contributed by atoms with van der Waals surface area (Å²) in [6.07, 6.45) is 0. The fourth-order valence-electron chi connectivity index (χ4n) is 1.23. The Morgan fingerprint density at radius 2 is 2.21 bits per heavy atom. The largest absolute Gasteiger partial charge is 0.419 e. The fourth-order valence-corrected chi connectivity index (χ4v) is 1.23. The summed E-state index contributed by atoms with van der Waals surface area (Å²) < 4.78 is 5.33. The van der Waals surface area contributed by atoms with Crippen LogP contribution in [0.1, 0.15) is 11.5 Å². The lowest BCUT2D eigenvalue weighted by Crippen LogP contribution is -1.95. The number of aromatic nitrogens is 2. The molecular weight excluding hydrogens is 178 g/mol. The van der Waals surface area contributed by atoms with Gasteiger partial charge in [-0.25, -0.2) is 0 Å². The third-order valence-corrected chi connectivity index (χ3v) is 1.91. The molecule has 2 N–H and O–H groups in total. The number of nitrogens with two attached hydrogens (primary N) is 1. The van der Waals surface area contributed by atoms with Crippen molar-refractivity contribution in [3.8, 4) is 11.5 Å². The van der Waals surface area contributed by atoms with Crippen molar-refractivity contribution in [2.24, 2.45) is 5.73 Å². The number of hydrogen-bond donors (Lipinski definition) is 1. The van der Waals surface area contributed by atoms with Crippen LogP contribution in [0.5, 0.6) is 0 Å². The van der Waals surface area contributed by atoms with Crippen LogP contribution in [0.2, 0.25) is 0 Å². The van der Waals surface area contributed by atoms with Crippen LogP contribution in [0.3, 0.4) is 0 Å². The van der Waals surface area contributed by atoms with Crippen LogP contribution in [0.15, 0.2) is 28.7 Å². The molecule has 0 radical (unpaired) electrons. The van der Waals surface area contributed by atoms with Crippen LogP contribution in [-0.4, -0.2) is 10.2 Å². The van der Waals surface area contributed by atoms with Gasteiger partial charge < -0.3 is 10.2 Å². The topological polar surface area (TPSA) is 64.9 Å². The van der Waals surface area contributed by atoms with Gasteiger partial charge >= 0.3 is 0 Å². The van der Waals surface area contributed by atoms with Crippen molar-refractivity contribution in [1.29, 1.82) is 0 Å². The first-order valence-corrected chi connectivity index (χ1v) is 4.39. The minimum atomic E-state index is 0.277. The molecular formula is C10H11N3O. The van der Waals surface area contributed by atoms with Crippen LogP contribution >= 0.6 is 0 Å². The quantitative estimate of drug-likeness (QED) is 0.777. The fraction of sp³-hybridized carbons (Fsp3) is 0.200. The Balaban J connectivity index is 2.39. The van der Waals surface area contributed by atoms with Crippen molar-refractivity contribution in [1.82, 2.24) is 10.2 Å². The van der Waals surface area contributed by atoms with Gasteiger partial charge in [0.25, 0.3) is 0 Å². The van der Waals surface area contributed by atoms with Crippen LogP contribution < -0.4 is 5.73 Å². The Bertz CT molecular complexity index is 436. The van der Waals surface area contributed by atoms with Crippen molar-refractivity contribution in [2.75, 3.05) is 0 Å². The molecule has 14 heavy (non-hydrogen) atoms. The molecule has 4 nitrogen and oxygen atoms in total. The van der Waals surface area contributed by atoms with E-state index in [1.807, 2.05) is 31.2 Å². The lowest BCUT2D eigenvalue weighted by molar-refractivity contribution is 0.508. The first kappa shape index (κ1) is 8.90. The van der Waals surface area contributed by atoms with Gasteiger partial charge in [-0.1, -0.05) is 17.7 Å². The van der Waals surface area contributed by atoms with Crippen molar-refractivity contribution < 1.29 is 4.42 Å². The zero-order valence-corrected chi connectivity index (χ0v) is 7.90. The van der Waals surface area contributed by atoms with Gasteiger partial charge in [-0.05, 0) is 19.1 Å². The van der Waals surface area contributed by atoms with Crippen molar-refractivity contribution in [3.63, 3.8) is 0 Å². The molecule has 1 aromatic heterocycles. The second kappa shape index (κ2) is 3.59. The molecule has 0 spiro atoms. The number of nitrogens with zero attached hydrogens (tertiary/aromatic N) is 2. The van der Waals surface area contributed by atoms with Crippen molar-refractivity contribution >= 4 is 0 Å². The molecule has 0 fully saturated rings. The normalized spacial score (nSPS) is 10.4. The lowest BCUT2D eigenvalue weighted by atomic mass is 10.1.